The Morgan fingerprint density at radius 2 is 1.55 bits per heavy atom. The van der Waals surface area contributed by atoms with Crippen LogP contribution in [0.1, 0.15) is 26.3 Å². The Kier molecular flexibility index (Phi) is 7.04. The molecule has 0 radical (unpaired) electrons. The second kappa shape index (κ2) is 9.69. The van der Waals surface area contributed by atoms with Gasteiger partial charge in [0.25, 0.3) is 5.91 Å². The van der Waals surface area contributed by atoms with E-state index in [0.717, 1.165) is 4.47 Å². The topological polar surface area (TPSA) is 67.8 Å². The Morgan fingerprint density at radius 1 is 0.897 bits per heavy atom. The van der Waals surface area contributed by atoms with Crippen molar-refractivity contribution in [3.8, 4) is 5.75 Å². The lowest BCUT2D eigenvalue weighted by Gasteiger charge is -2.05. The van der Waals surface area contributed by atoms with E-state index in [0.29, 0.717) is 27.5 Å². The number of benzene rings is 3. The van der Waals surface area contributed by atoms with E-state index in [9.17, 15) is 9.59 Å². The molecule has 0 saturated heterocycles. The van der Waals surface area contributed by atoms with E-state index in [1.54, 1.807) is 54.6 Å². The van der Waals surface area contributed by atoms with Gasteiger partial charge in [-0.2, -0.15) is 5.10 Å². The van der Waals surface area contributed by atoms with Crippen molar-refractivity contribution < 1.29 is 14.3 Å². The third-order valence-electron chi connectivity index (χ3n) is 3.73. The molecule has 0 aliphatic carbocycles. The summed E-state index contributed by atoms with van der Waals surface area (Å²) < 4.78 is 6.20. The third kappa shape index (κ3) is 5.90. The normalized spacial score (nSPS) is 10.7. The molecule has 0 aromatic heterocycles. The number of carbonyl (C=O) groups excluding carboxylic acids is 2. The van der Waals surface area contributed by atoms with E-state index in [-0.39, 0.29) is 5.02 Å². The van der Waals surface area contributed by atoms with Crippen LogP contribution in [-0.2, 0) is 0 Å². The molecule has 0 unspecified atom stereocenters. The lowest BCUT2D eigenvalue weighted by Crippen LogP contribution is -2.17. The van der Waals surface area contributed by atoms with Crippen molar-refractivity contribution >= 4 is 57.2 Å². The van der Waals surface area contributed by atoms with Crippen molar-refractivity contribution in [3.63, 3.8) is 0 Å². The molecule has 29 heavy (non-hydrogen) atoms. The lowest BCUT2D eigenvalue weighted by atomic mass is 10.2. The number of esters is 1. The fourth-order valence-electron chi connectivity index (χ4n) is 2.24. The molecule has 1 N–H and O–H groups in total. The number of ether oxygens (including phenoxy) is 1. The number of hydrogen-bond acceptors (Lipinski definition) is 4. The second-order valence-electron chi connectivity index (χ2n) is 5.79. The van der Waals surface area contributed by atoms with Crippen molar-refractivity contribution in [2.45, 2.75) is 0 Å². The molecule has 0 saturated carbocycles. The van der Waals surface area contributed by atoms with E-state index in [4.69, 9.17) is 27.9 Å². The van der Waals surface area contributed by atoms with Crippen LogP contribution < -0.4 is 10.2 Å². The zero-order valence-corrected chi connectivity index (χ0v) is 17.8. The summed E-state index contributed by atoms with van der Waals surface area (Å²) in [5.74, 6) is -0.470. The molecule has 0 spiro atoms. The van der Waals surface area contributed by atoms with Gasteiger partial charge in [0.15, 0.2) is 0 Å². The molecule has 0 fully saturated rings. The van der Waals surface area contributed by atoms with Crippen LogP contribution in [0, 0.1) is 0 Å². The SMILES string of the molecule is O=C(N/N=C\c1ccc(OC(=O)c2ccc(Br)cc2)cc1)c1ccc(Cl)c(Cl)c1. The Morgan fingerprint density at radius 3 is 2.21 bits per heavy atom. The van der Waals surface area contributed by atoms with Crippen molar-refractivity contribution in [1.29, 1.82) is 0 Å². The minimum absolute atomic E-state index is 0.288. The van der Waals surface area contributed by atoms with Crippen LogP contribution >= 0.6 is 39.1 Å². The van der Waals surface area contributed by atoms with Crippen LogP contribution in [0.15, 0.2) is 76.3 Å². The number of rotatable bonds is 5. The molecule has 0 bridgehead atoms. The number of halogens is 3. The van der Waals surface area contributed by atoms with E-state index in [1.807, 2.05) is 0 Å². The maximum Gasteiger partial charge on any atom is 0.343 e. The standard InChI is InChI=1S/C21H13BrCl2N2O3/c22-16-6-3-14(4-7-16)21(28)29-17-8-1-13(2-9-17)12-25-26-20(27)15-5-10-18(23)19(24)11-15/h1-12H,(H,26,27)/b25-12-. The van der Waals surface area contributed by atoms with Gasteiger partial charge in [0.2, 0.25) is 0 Å². The zero-order valence-electron chi connectivity index (χ0n) is 14.7. The lowest BCUT2D eigenvalue weighted by molar-refractivity contribution is 0.0734. The summed E-state index contributed by atoms with van der Waals surface area (Å²) in [6.45, 7) is 0. The number of carbonyl (C=O) groups is 2. The minimum atomic E-state index is -0.451. The van der Waals surface area contributed by atoms with Gasteiger partial charge in [0.05, 0.1) is 21.8 Å². The first kappa shape index (κ1) is 21.0. The summed E-state index contributed by atoms with van der Waals surface area (Å²) in [6, 6.07) is 18.1. The highest BCUT2D eigenvalue weighted by Crippen LogP contribution is 2.22. The maximum atomic E-state index is 12.1. The molecule has 0 aliphatic rings. The highest BCUT2D eigenvalue weighted by molar-refractivity contribution is 9.10. The molecule has 8 heteroatoms. The van der Waals surface area contributed by atoms with Gasteiger partial charge in [0.1, 0.15) is 5.75 Å². The van der Waals surface area contributed by atoms with Crippen LogP contribution in [0.5, 0.6) is 5.75 Å². The Hall–Kier alpha value is -2.67. The minimum Gasteiger partial charge on any atom is -0.423 e. The van der Waals surface area contributed by atoms with Crippen LogP contribution in [0.25, 0.3) is 0 Å². The van der Waals surface area contributed by atoms with Gasteiger partial charge in [-0.3, -0.25) is 4.79 Å². The average molecular weight is 492 g/mol. The first-order valence-electron chi connectivity index (χ1n) is 8.28. The van der Waals surface area contributed by atoms with Crippen LogP contribution in [-0.4, -0.2) is 18.1 Å². The fraction of sp³-hybridized carbons (Fsp3) is 0. The quantitative estimate of drug-likeness (QED) is 0.214. The highest BCUT2D eigenvalue weighted by atomic mass is 79.9. The molecule has 5 nitrogen and oxygen atoms in total. The second-order valence-corrected chi connectivity index (χ2v) is 7.52. The molecule has 3 aromatic rings. The average Bonchev–Trinajstić information content (AvgIpc) is 2.71. The fourth-order valence-corrected chi connectivity index (χ4v) is 2.80. The number of nitrogens with one attached hydrogen (secondary N) is 1. The van der Waals surface area contributed by atoms with Crippen LogP contribution in [0.4, 0.5) is 0 Å². The van der Waals surface area contributed by atoms with Crippen LogP contribution in [0.3, 0.4) is 0 Å². The molecule has 3 rings (SSSR count). The molecule has 0 aliphatic heterocycles. The van der Waals surface area contributed by atoms with Gasteiger partial charge in [-0.1, -0.05) is 39.1 Å². The predicted molar refractivity (Wildman–Crippen MR) is 117 cm³/mol. The largest absolute Gasteiger partial charge is 0.423 e. The summed E-state index contributed by atoms with van der Waals surface area (Å²) in [5.41, 5.74) is 3.91. The molecule has 1 amide bonds. The Bertz CT molecular complexity index is 1070. The first-order valence-corrected chi connectivity index (χ1v) is 9.83. The number of nitrogens with zero attached hydrogens (tertiary/aromatic N) is 1. The van der Waals surface area contributed by atoms with Gasteiger partial charge in [-0.15, -0.1) is 0 Å². The molecule has 0 atom stereocenters. The summed E-state index contributed by atoms with van der Waals surface area (Å²) in [7, 11) is 0. The van der Waals surface area contributed by atoms with Gasteiger partial charge < -0.3 is 4.74 Å². The zero-order chi connectivity index (χ0) is 20.8. The van der Waals surface area contributed by atoms with Crippen molar-refractivity contribution in [3.05, 3.63) is 97.9 Å². The molecular formula is C21H13BrCl2N2O3. The monoisotopic (exact) mass is 490 g/mol. The number of hydrazone groups is 1. The van der Waals surface area contributed by atoms with Gasteiger partial charge >= 0.3 is 5.97 Å². The van der Waals surface area contributed by atoms with Gasteiger partial charge in [-0.05, 0) is 72.3 Å². The van der Waals surface area contributed by atoms with E-state index < -0.39 is 11.9 Å². The molecular weight excluding hydrogens is 479 g/mol. The number of hydrogen-bond donors (Lipinski definition) is 1. The van der Waals surface area contributed by atoms with Crippen LogP contribution in [0.2, 0.25) is 10.0 Å². The van der Waals surface area contributed by atoms with E-state index in [1.165, 1.54) is 18.3 Å². The predicted octanol–water partition coefficient (Wildman–Crippen LogP) is 5.74. The van der Waals surface area contributed by atoms with Gasteiger partial charge in [0, 0.05) is 10.0 Å². The first-order chi connectivity index (χ1) is 13.9. The van der Waals surface area contributed by atoms with Gasteiger partial charge in [-0.25, -0.2) is 10.2 Å². The van der Waals surface area contributed by atoms with E-state index in [2.05, 4.69) is 26.5 Å². The summed E-state index contributed by atoms with van der Waals surface area (Å²) in [4.78, 5) is 24.2. The van der Waals surface area contributed by atoms with Crippen molar-refractivity contribution in [2.75, 3.05) is 0 Å². The van der Waals surface area contributed by atoms with E-state index >= 15 is 0 Å². The smallest absolute Gasteiger partial charge is 0.343 e. The van der Waals surface area contributed by atoms with Crippen molar-refractivity contribution in [2.24, 2.45) is 5.10 Å². The molecule has 0 heterocycles. The summed E-state index contributed by atoms with van der Waals surface area (Å²) in [5, 5.41) is 4.56. The third-order valence-corrected chi connectivity index (χ3v) is 5.00. The summed E-state index contributed by atoms with van der Waals surface area (Å²) >= 11 is 15.0. The number of amides is 1. The highest BCUT2D eigenvalue weighted by Gasteiger charge is 2.09. The molecule has 3 aromatic carbocycles. The Balaban J connectivity index is 1.57. The Labute approximate surface area is 185 Å². The molecule has 146 valence electrons. The summed E-state index contributed by atoms with van der Waals surface area (Å²) in [6.07, 6.45) is 1.47. The maximum absolute atomic E-state index is 12.1. The van der Waals surface area contributed by atoms with Crippen molar-refractivity contribution in [1.82, 2.24) is 5.43 Å².